The van der Waals surface area contributed by atoms with Gasteiger partial charge in [0.2, 0.25) is 17.6 Å². The van der Waals surface area contributed by atoms with E-state index in [1.165, 1.54) is 0 Å². The van der Waals surface area contributed by atoms with Gasteiger partial charge in [0.1, 0.15) is 6.04 Å². The molecule has 24 heavy (non-hydrogen) atoms. The van der Waals surface area contributed by atoms with Gasteiger partial charge in [-0.05, 0) is 25.0 Å². The lowest BCUT2D eigenvalue weighted by molar-refractivity contribution is -0.122. The Morgan fingerprint density at radius 3 is 2.42 bits per heavy atom. The first-order valence-corrected chi connectivity index (χ1v) is 7.26. The number of halogens is 2. The Bertz CT molecular complexity index is 619. The minimum atomic E-state index is -0.339. The van der Waals surface area contributed by atoms with Crippen molar-refractivity contribution < 1.29 is 9.32 Å². The van der Waals surface area contributed by atoms with Gasteiger partial charge in [0.15, 0.2) is 0 Å². The Hall–Kier alpha value is -1.70. The second kappa shape index (κ2) is 10.2. The van der Waals surface area contributed by atoms with Crippen LogP contribution in [0.5, 0.6) is 0 Å². The highest BCUT2D eigenvalue weighted by molar-refractivity contribution is 5.85. The van der Waals surface area contributed by atoms with Gasteiger partial charge in [-0.3, -0.25) is 9.78 Å². The number of hydrogen-bond acceptors (Lipinski definition) is 6. The summed E-state index contributed by atoms with van der Waals surface area (Å²) in [5.74, 6) is 0.851. The second-order valence-electron chi connectivity index (χ2n) is 5.66. The quantitative estimate of drug-likeness (QED) is 0.802. The van der Waals surface area contributed by atoms with E-state index in [-0.39, 0.29) is 55.1 Å². The van der Waals surface area contributed by atoms with E-state index in [0.717, 1.165) is 5.56 Å². The summed E-state index contributed by atoms with van der Waals surface area (Å²) in [4.78, 5) is 20.3. The predicted octanol–water partition coefficient (Wildman–Crippen LogP) is 2.53. The van der Waals surface area contributed by atoms with Crippen LogP contribution in [0.3, 0.4) is 0 Å². The average Bonchev–Trinajstić information content (AvgIpc) is 2.94. The molecular formula is C15H23Cl2N5O2. The lowest BCUT2D eigenvalue weighted by Gasteiger charge is -2.19. The maximum Gasteiger partial charge on any atom is 0.249 e. The highest BCUT2D eigenvalue weighted by atomic mass is 35.5. The zero-order chi connectivity index (χ0) is 16.1. The Kier molecular flexibility index (Phi) is 9.50. The molecule has 7 nitrogen and oxygen atoms in total. The number of aromatic nitrogens is 3. The normalized spacial score (nSPS) is 12.7. The van der Waals surface area contributed by atoms with Crippen LogP contribution in [0.15, 0.2) is 29.0 Å². The maximum atomic E-state index is 11.9. The van der Waals surface area contributed by atoms with Crippen LogP contribution in [0.4, 0.5) is 0 Å². The Balaban J connectivity index is 0.00000264. The van der Waals surface area contributed by atoms with E-state index in [4.69, 9.17) is 10.3 Å². The fourth-order valence-corrected chi connectivity index (χ4v) is 2.02. The van der Waals surface area contributed by atoms with Crippen molar-refractivity contribution in [2.45, 2.75) is 39.3 Å². The molecule has 0 aliphatic heterocycles. The Labute approximate surface area is 153 Å². The molecule has 0 aromatic carbocycles. The SMILES string of the molecule is CC(N)CC(=O)NC(c1nc(-c2ccncc2)no1)C(C)C.Cl.Cl. The van der Waals surface area contributed by atoms with Crippen LogP contribution in [-0.2, 0) is 4.79 Å². The molecule has 2 aromatic rings. The lowest BCUT2D eigenvalue weighted by atomic mass is 10.0. The first-order valence-electron chi connectivity index (χ1n) is 7.26. The van der Waals surface area contributed by atoms with Crippen LogP contribution in [0.25, 0.3) is 11.4 Å². The van der Waals surface area contributed by atoms with Crippen molar-refractivity contribution in [3.05, 3.63) is 30.4 Å². The topological polar surface area (TPSA) is 107 Å². The van der Waals surface area contributed by atoms with Gasteiger partial charge in [-0.15, -0.1) is 24.8 Å². The van der Waals surface area contributed by atoms with Crippen molar-refractivity contribution in [1.82, 2.24) is 20.4 Å². The molecule has 0 saturated heterocycles. The first-order chi connectivity index (χ1) is 10.5. The van der Waals surface area contributed by atoms with Crippen LogP contribution < -0.4 is 11.1 Å². The molecule has 2 aromatic heterocycles. The van der Waals surface area contributed by atoms with Crippen LogP contribution >= 0.6 is 24.8 Å². The van der Waals surface area contributed by atoms with Gasteiger partial charge in [0.25, 0.3) is 0 Å². The standard InChI is InChI=1S/C15H21N5O2.2ClH/c1-9(2)13(18-12(21)8-10(3)16)15-19-14(20-22-15)11-4-6-17-7-5-11;;/h4-7,9-10,13H,8,16H2,1-3H3,(H,18,21);2*1H. The molecule has 0 aliphatic carbocycles. The molecule has 0 bridgehead atoms. The Morgan fingerprint density at radius 2 is 1.88 bits per heavy atom. The van der Waals surface area contributed by atoms with Crippen LogP contribution in [0.2, 0.25) is 0 Å². The van der Waals surface area contributed by atoms with Crippen molar-refractivity contribution in [1.29, 1.82) is 0 Å². The van der Waals surface area contributed by atoms with Gasteiger partial charge < -0.3 is 15.6 Å². The minimum absolute atomic E-state index is 0. The number of nitrogens with zero attached hydrogens (tertiary/aromatic N) is 3. The van der Waals surface area contributed by atoms with Crippen molar-refractivity contribution >= 4 is 30.7 Å². The van der Waals surface area contributed by atoms with Gasteiger partial charge in [-0.1, -0.05) is 19.0 Å². The van der Waals surface area contributed by atoms with Crippen LogP contribution in [0, 0.1) is 5.92 Å². The molecule has 0 radical (unpaired) electrons. The Morgan fingerprint density at radius 1 is 1.25 bits per heavy atom. The van der Waals surface area contributed by atoms with Crippen molar-refractivity contribution in [2.24, 2.45) is 11.7 Å². The van der Waals surface area contributed by atoms with Crippen molar-refractivity contribution in [2.75, 3.05) is 0 Å². The van der Waals surface area contributed by atoms with Gasteiger partial charge in [-0.25, -0.2) is 0 Å². The molecule has 3 N–H and O–H groups in total. The fraction of sp³-hybridized carbons (Fsp3) is 0.467. The van der Waals surface area contributed by atoms with Gasteiger partial charge >= 0.3 is 0 Å². The number of hydrogen-bond donors (Lipinski definition) is 2. The summed E-state index contributed by atoms with van der Waals surface area (Å²) in [5, 5.41) is 6.87. The van der Waals surface area contributed by atoms with E-state index in [1.807, 2.05) is 13.8 Å². The van der Waals surface area contributed by atoms with E-state index in [2.05, 4.69) is 20.4 Å². The third kappa shape index (κ3) is 6.07. The molecule has 134 valence electrons. The zero-order valence-electron chi connectivity index (χ0n) is 13.8. The third-order valence-corrected chi connectivity index (χ3v) is 3.14. The molecule has 0 fully saturated rings. The van der Waals surface area contributed by atoms with Gasteiger partial charge in [-0.2, -0.15) is 4.98 Å². The molecule has 2 unspecified atom stereocenters. The average molecular weight is 376 g/mol. The highest BCUT2D eigenvalue weighted by Gasteiger charge is 2.25. The molecule has 2 atom stereocenters. The van der Waals surface area contributed by atoms with Gasteiger partial charge in [0.05, 0.1) is 0 Å². The number of amides is 1. The number of nitrogens with two attached hydrogens (primary N) is 1. The molecular weight excluding hydrogens is 353 g/mol. The van der Waals surface area contributed by atoms with E-state index in [0.29, 0.717) is 11.7 Å². The molecule has 1 amide bonds. The third-order valence-electron chi connectivity index (χ3n) is 3.14. The van der Waals surface area contributed by atoms with E-state index in [1.54, 1.807) is 31.5 Å². The summed E-state index contributed by atoms with van der Waals surface area (Å²) in [5.41, 5.74) is 6.46. The fourth-order valence-electron chi connectivity index (χ4n) is 2.02. The van der Waals surface area contributed by atoms with E-state index >= 15 is 0 Å². The zero-order valence-corrected chi connectivity index (χ0v) is 15.4. The van der Waals surface area contributed by atoms with Crippen LogP contribution in [0.1, 0.15) is 39.1 Å². The van der Waals surface area contributed by atoms with E-state index < -0.39 is 0 Å². The second-order valence-corrected chi connectivity index (χ2v) is 5.66. The minimum Gasteiger partial charge on any atom is -0.344 e. The monoisotopic (exact) mass is 375 g/mol. The molecule has 9 heteroatoms. The van der Waals surface area contributed by atoms with E-state index in [9.17, 15) is 4.79 Å². The smallest absolute Gasteiger partial charge is 0.249 e. The highest BCUT2D eigenvalue weighted by Crippen LogP contribution is 2.23. The summed E-state index contributed by atoms with van der Waals surface area (Å²) in [7, 11) is 0. The summed E-state index contributed by atoms with van der Waals surface area (Å²) >= 11 is 0. The van der Waals surface area contributed by atoms with Gasteiger partial charge in [0, 0.05) is 30.4 Å². The molecule has 0 saturated carbocycles. The van der Waals surface area contributed by atoms with Crippen LogP contribution in [-0.4, -0.2) is 27.1 Å². The number of nitrogens with one attached hydrogen (secondary N) is 1. The summed E-state index contributed by atoms with van der Waals surface area (Å²) < 4.78 is 5.32. The molecule has 2 rings (SSSR count). The molecule has 0 aliphatic rings. The number of rotatable bonds is 6. The molecule has 0 spiro atoms. The predicted molar refractivity (Wildman–Crippen MR) is 96.0 cm³/mol. The summed E-state index contributed by atoms with van der Waals surface area (Å²) in [6.45, 7) is 5.75. The summed E-state index contributed by atoms with van der Waals surface area (Å²) in [6.07, 6.45) is 3.58. The summed E-state index contributed by atoms with van der Waals surface area (Å²) in [6, 6.07) is 3.07. The first kappa shape index (κ1) is 22.3. The maximum absolute atomic E-state index is 11.9. The van der Waals surface area contributed by atoms with Crippen molar-refractivity contribution in [3.8, 4) is 11.4 Å². The largest absolute Gasteiger partial charge is 0.344 e. The molecule has 2 heterocycles. The number of carbonyl (C=O) groups is 1. The number of carbonyl (C=O) groups excluding carboxylic acids is 1. The lowest BCUT2D eigenvalue weighted by Crippen LogP contribution is -2.35. The van der Waals surface area contributed by atoms with Crippen molar-refractivity contribution in [3.63, 3.8) is 0 Å². The number of pyridine rings is 1.